The van der Waals surface area contributed by atoms with Crippen molar-refractivity contribution in [2.24, 2.45) is 0 Å². The minimum Gasteiger partial charge on any atom is -0.369 e. The fourth-order valence-corrected chi connectivity index (χ4v) is 2.17. The molecular weight excluding hydrogens is 212 g/mol. The van der Waals surface area contributed by atoms with Gasteiger partial charge in [-0.05, 0) is 24.3 Å². The number of nitrogens with zero attached hydrogens (tertiary/aromatic N) is 3. The first-order valence-electron chi connectivity index (χ1n) is 5.97. The molecule has 1 aliphatic rings. The van der Waals surface area contributed by atoms with Crippen molar-refractivity contribution in [2.75, 3.05) is 31.1 Å². The van der Waals surface area contributed by atoms with Gasteiger partial charge in [0.2, 0.25) is 0 Å². The molecule has 0 bridgehead atoms. The van der Waals surface area contributed by atoms with Crippen LogP contribution in [0.5, 0.6) is 0 Å². The molecule has 0 amide bonds. The highest BCUT2D eigenvalue weighted by molar-refractivity contribution is 5.51. The van der Waals surface area contributed by atoms with E-state index in [-0.39, 0.29) is 0 Å². The summed E-state index contributed by atoms with van der Waals surface area (Å²) >= 11 is 0. The number of rotatable bonds is 2. The molecule has 0 radical (unpaired) electrons. The van der Waals surface area contributed by atoms with Crippen LogP contribution < -0.4 is 10.2 Å². The molecule has 0 aliphatic carbocycles. The Morgan fingerprint density at radius 1 is 1.00 bits per heavy atom. The van der Waals surface area contributed by atoms with Crippen molar-refractivity contribution in [1.82, 2.24) is 14.9 Å². The average molecular weight is 228 g/mol. The van der Waals surface area contributed by atoms with Gasteiger partial charge in [0.05, 0.1) is 6.33 Å². The predicted molar refractivity (Wildman–Crippen MR) is 68.6 cm³/mol. The number of piperazine rings is 1. The Morgan fingerprint density at radius 2 is 1.71 bits per heavy atom. The Kier molecular flexibility index (Phi) is 2.80. The topological polar surface area (TPSA) is 33.1 Å². The van der Waals surface area contributed by atoms with Crippen LogP contribution in [-0.2, 0) is 0 Å². The van der Waals surface area contributed by atoms with E-state index in [9.17, 15) is 0 Å². The molecule has 0 spiro atoms. The fourth-order valence-electron chi connectivity index (χ4n) is 2.17. The van der Waals surface area contributed by atoms with Gasteiger partial charge in [0, 0.05) is 49.9 Å². The van der Waals surface area contributed by atoms with Crippen molar-refractivity contribution in [3.63, 3.8) is 0 Å². The van der Waals surface area contributed by atoms with Crippen molar-refractivity contribution in [1.29, 1.82) is 0 Å². The van der Waals surface area contributed by atoms with E-state index in [0.29, 0.717) is 0 Å². The number of hydrogen-bond donors (Lipinski definition) is 1. The van der Waals surface area contributed by atoms with Gasteiger partial charge >= 0.3 is 0 Å². The molecular formula is C13H16N4. The molecule has 17 heavy (non-hydrogen) atoms. The Bertz CT molecular complexity index is 455. The van der Waals surface area contributed by atoms with Crippen LogP contribution in [0.1, 0.15) is 0 Å². The van der Waals surface area contributed by atoms with Gasteiger partial charge in [-0.25, -0.2) is 4.98 Å². The largest absolute Gasteiger partial charge is 0.369 e. The maximum absolute atomic E-state index is 4.06. The Labute approximate surface area is 101 Å². The highest BCUT2D eigenvalue weighted by atomic mass is 15.2. The number of imidazole rings is 1. The molecule has 1 aromatic carbocycles. The summed E-state index contributed by atoms with van der Waals surface area (Å²) in [4.78, 5) is 6.47. The minimum atomic E-state index is 1.07. The van der Waals surface area contributed by atoms with Crippen LogP contribution in [-0.4, -0.2) is 35.7 Å². The third kappa shape index (κ3) is 2.17. The summed E-state index contributed by atoms with van der Waals surface area (Å²) in [5, 5.41) is 3.36. The summed E-state index contributed by atoms with van der Waals surface area (Å²) in [6, 6.07) is 8.64. The first kappa shape index (κ1) is 10.4. The maximum atomic E-state index is 4.06. The molecule has 3 rings (SSSR count). The average Bonchev–Trinajstić information content (AvgIpc) is 2.94. The zero-order chi connectivity index (χ0) is 11.5. The predicted octanol–water partition coefficient (Wildman–Crippen LogP) is 1.28. The van der Waals surface area contributed by atoms with Gasteiger partial charge in [-0.15, -0.1) is 0 Å². The maximum Gasteiger partial charge on any atom is 0.0991 e. The molecule has 1 saturated heterocycles. The molecule has 0 atom stereocenters. The lowest BCUT2D eigenvalue weighted by molar-refractivity contribution is 0.589. The highest BCUT2D eigenvalue weighted by Crippen LogP contribution is 2.17. The number of benzene rings is 1. The summed E-state index contributed by atoms with van der Waals surface area (Å²) < 4.78 is 2.02. The molecule has 0 saturated carbocycles. The standard InChI is InChI=1S/C13H16N4/c1-3-13(17-10-7-15-11-17)4-2-12(1)16-8-5-14-6-9-16/h1-4,7,10-11,14H,5-6,8-9H2. The fraction of sp³-hybridized carbons (Fsp3) is 0.308. The molecule has 0 unspecified atom stereocenters. The lowest BCUT2D eigenvalue weighted by Gasteiger charge is -2.29. The third-order valence-corrected chi connectivity index (χ3v) is 3.13. The van der Waals surface area contributed by atoms with Crippen LogP contribution in [0.4, 0.5) is 5.69 Å². The molecule has 4 nitrogen and oxygen atoms in total. The summed E-state index contributed by atoms with van der Waals surface area (Å²) in [6.07, 6.45) is 5.57. The molecule has 4 heteroatoms. The summed E-state index contributed by atoms with van der Waals surface area (Å²) in [5.74, 6) is 0. The van der Waals surface area contributed by atoms with Crippen molar-refractivity contribution < 1.29 is 0 Å². The highest BCUT2D eigenvalue weighted by Gasteiger charge is 2.09. The number of nitrogens with one attached hydrogen (secondary N) is 1. The second kappa shape index (κ2) is 4.59. The molecule has 88 valence electrons. The van der Waals surface area contributed by atoms with E-state index in [4.69, 9.17) is 0 Å². The van der Waals surface area contributed by atoms with Gasteiger partial charge in [0.15, 0.2) is 0 Å². The molecule has 1 aromatic heterocycles. The first-order chi connectivity index (χ1) is 8.43. The van der Waals surface area contributed by atoms with Gasteiger partial charge in [-0.1, -0.05) is 0 Å². The van der Waals surface area contributed by atoms with E-state index >= 15 is 0 Å². The van der Waals surface area contributed by atoms with Crippen LogP contribution >= 0.6 is 0 Å². The Hall–Kier alpha value is -1.81. The summed E-state index contributed by atoms with van der Waals surface area (Å²) in [5.41, 5.74) is 2.46. The molecule has 1 N–H and O–H groups in total. The van der Waals surface area contributed by atoms with E-state index in [1.54, 1.807) is 6.20 Å². The Balaban J connectivity index is 1.80. The molecule has 2 heterocycles. The minimum absolute atomic E-state index is 1.07. The summed E-state index contributed by atoms with van der Waals surface area (Å²) in [7, 11) is 0. The molecule has 2 aromatic rings. The second-order valence-electron chi connectivity index (χ2n) is 4.22. The monoisotopic (exact) mass is 228 g/mol. The van der Waals surface area contributed by atoms with Gasteiger partial charge < -0.3 is 14.8 Å². The van der Waals surface area contributed by atoms with Crippen molar-refractivity contribution in [3.8, 4) is 5.69 Å². The molecule has 1 aliphatic heterocycles. The van der Waals surface area contributed by atoms with Crippen LogP contribution in [0.15, 0.2) is 43.0 Å². The SMILES string of the molecule is c1cn(-c2ccc(N3CCNCC3)cc2)cn1. The van der Waals surface area contributed by atoms with Crippen molar-refractivity contribution >= 4 is 5.69 Å². The lowest BCUT2D eigenvalue weighted by atomic mass is 10.2. The van der Waals surface area contributed by atoms with Gasteiger partial charge in [0.1, 0.15) is 0 Å². The zero-order valence-corrected chi connectivity index (χ0v) is 9.71. The Morgan fingerprint density at radius 3 is 2.35 bits per heavy atom. The van der Waals surface area contributed by atoms with Crippen LogP contribution in [0.2, 0.25) is 0 Å². The van der Waals surface area contributed by atoms with E-state index < -0.39 is 0 Å². The smallest absolute Gasteiger partial charge is 0.0991 e. The third-order valence-electron chi connectivity index (χ3n) is 3.13. The second-order valence-corrected chi connectivity index (χ2v) is 4.22. The van der Waals surface area contributed by atoms with E-state index in [1.807, 2.05) is 17.1 Å². The van der Waals surface area contributed by atoms with Crippen LogP contribution in [0.3, 0.4) is 0 Å². The quantitative estimate of drug-likeness (QED) is 0.840. The van der Waals surface area contributed by atoms with Crippen molar-refractivity contribution in [2.45, 2.75) is 0 Å². The van der Waals surface area contributed by atoms with Crippen LogP contribution in [0, 0.1) is 0 Å². The van der Waals surface area contributed by atoms with Gasteiger partial charge in [0.25, 0.3) is 0 Å². The van der Waals surface area contributed by atoms with E-state index in [1.165, 1.54) is 5.69 Å². The van der Waals surface area contributed by atoms with E-state index in [2.05, 4.69) is 39.5 Å². The zero-order valence-electron chi connectivity index (χ0n) is 9.71. The van der Waals surface area contributed by atoms with Gasteiger partial charge in [-0.2, -0.15) is 0 Å². The number of aromatic nitrogens is 2. The molecule has 1 fully saturated rings. The van der Waals surface area contributed by atoms with Crippen LogP contribution in [0.25, 0.3) is 5.69 Å². The first-order valence-corrected chi connectivity index (χ1v) is 5.97. The number of hydrogen-bond acceptors (Lipinski definition) is 3. The van der Waals surface area contributed by atoms with E-state index in [0.717, 1.165) is 31.9 Å². The van der Waals surface area contributed by atoms with Crippen molar-refractivity contribution in [3.05, 3.63) is 43.0 Å². The number of anilines is 1. The normalized spacial score (nSPS) is 16.1. The van der Waals surface area contributed by atoms with Gasteiger partial charge in [-0.3, -0.25) is 0 Å². The lowest BCUT2D eigenvalue weighted by Crippen LogP contribution is -2.43. The summed E-state index contributed by atoms with van der Waals surface area (Å²) in [6.45, 7) is 4.32.